The van der Waals surface area contributed by atoms with Crippen molar-refractivity contribution in [2.45, 2.75) is 24.4 Å². The third-order valence-electron chi connectivity index (χ3n) is 5.20. The summed E-state index contributed by atoms with van der Waals surface area (Å²) in [5.74, 6) is -1.72. The number of sulfonamides is 1. The summed E-state index contributed by atoms with van der Waals surface area (Å²) in [4.78, 5) is 5.03. The highest BCUT2D eigenvalue weighted by Crippen LogP contribution is 2.28. The number of halogens is 2. The number of hydrogen-bond acceptors (Lipinski definition) is 7. The molecule has 0 bridgehead atoms. The maximum absolute atomic E-state index is 14.7. The number of likely N-dealkylation sites (tertiary alicyclic amines) is 1. The minimum Gasteiger partial charge on any atom is -0.496 e. The molecule has 2 heterocycles. The summed E-state index contributed by atoms with van der Waals surface area (Å²) in [5, 5.41) is 4.41. The summed E-state index contributed by atoms with van der Waals surface area (Å²) in [7, 11) is -2.89. The van der Waals surface area contributed by atoms with E-state index in [1.807, 2.05) is 18.2 Å². The molecule has 0 amide bonds. The molecule has 1 aliphatic rings. The van der Waals surface area contributed by atoms with Gasteiger partial charge in [-0.05, 0) is 43.3 Å². The fourth-order valence-corrected chi connectivity index (χ4v) is 5.17. The number of aromatic nitrogens is 1. The number of methoxy groups -OCH3 is 1. The lowest BCUT2D eigenvalue weighted by Gasteiger charge is -2.31. The van der Waals surface area contributed by atoms with Gasteiger partial charge in [0.05, 0.1) is 12.6 Å². The Hall–Kier alpha value is -2.76. The molecular formula is C21H22F2N4O3S2. The van der Waals surface area contributed by atoms with Gasteiger partial charge in [-0.1, -0.05) is 12.1 Å². The van der Waals surface area contributed by atoms with Gasteiger partial charge in [-0.25, -0.2) is 22.2 Å². The maximum atomic E-state index is 14.7. The molecular weight excluding hydrogens is 458 g/mol. The van der Waals surface area contributed by atoms with E-state index in [0.717, 1.165) is 54.2 Å². The van der Waals surface area contributed by atoms with Gasteiger partial charge in [-0.3, -0.25) is 9.62 Å². The van der Waals surface area contributed by atoms with Crippen molar-refractivity contribution >= 4 is 32.9 Å². The van der Waals surface area contributed by atoms with Crippen LogP contribution < -0.4 is 14.8 Å². The molecule has 2 N–H and O–H groups in total. The monoisotopic (exact) mass is 480 g/mol. The number of benzene rings is 2. The first-order chi connectivity index (χ1) is 15.4. The van der Waals surface area contributed by atoms with Crippen LogP contribution >= 0.6 is 11.3 Å². The first-order valence-corrected chi connectivity index (χ1v) is 12.3. The van der Waals surface area contributed by atoms with Gasteiger partial charge in [0.1, 0.15) is 17.4 Å². The van der Waals surface area contributed by atoms with Crippen LogP contribution in [0.3, 0.4) is 0 Å². The number of nitrogens with zero attached hydrogens (tertiary/aromatic N) is 2. The van der Waals surface area contributed by atoms with Crippen molar-refractivity contribution in [2.24, 2.45) is 0 Å². The van der Waals surface area contributed by atoms with Crippen LogP contribution in [-0.2, 0) is 23.1 Å². The van der Waals surface area contributed by atoms with Crippen molar-refractivity contribution in [3.63, 3.8) is 0 Å². The molecule has 1 aliphatic heterocycles. The zero-order valence-corrected chi connectivity index (χ0v) is 18.9. The van der Waals surface area contributed by atoms with Crippen LogP contribution in [0.2, 0.25) is 0 Å². The van der Waals surface area contributed by atoms with E-state index in [0.29, 0.717) is 5.75 Å². The van der Waals surface area contributed by atoms with E-state index in [-0.39, 0.29) is 18.1 Å². The highest BCUT2D eigenvalue weighted by atomic mass is 32.2. The Morgan fingerprint density at radius 1 is 1.22 bits per heavy atom. The van der Waals surface area contributed by atoms with Crippen LogP contribution in [0.25, 0.3) is 0 Å². The van der Waals surface area contributed by atoms with Crippen molar-refractivity contribution in [3.05, 3.63) is 64.0 Å². The largest absolute Gasteiger partial charge is 0.496 e. The third-order valence-corrected chi connectivity index (χ3v) is 7.19. The molecule has 11 heteroatoms. The SMILES string of the molecule is COc1cccc(CN2CCC2)c1CNc1cc(F)c(S(=O)(=O)Nc2cscn2)c(F)c1. The molecule has 2 aromatic carbocycles. The molecule has 3 aromatic rings. The normalized spacial score (nSPS) is 14.1. The van der Waals surface area contributed by atoms with Crippen LogP contribution in [0.5, 0.6) is 5.75 Å². The Balaban J connectivity index is 1.55. The summed E-state index contributed by atoms with van der Waals surface area (Å²) in [6.07, 6.45) is 1.17. The number of rotatable bonds is 9. The van der Waals surface area contributed by atoms with E-state index in [1.165, 1.54) is 17.3 Å². The first-order valence-electron chi connectivity index (χ1n) is 9.88. The van der Waals surface area contributed by atoms with Crippen molar-refractivity contribution in [3.8, 4) is 5.75 Å². The third kappa shape index (κ3) is 4.84. The molecule has 1 aromatic heterocycles. The van der Waals surface area contributed by atoms with Crippen LogP contribution in [0.1, 0.15) is 17.5 Å². The van der Waals surface area contributed by atoms with Gasteiger partial charge in [0.15, 0.2) is 10.7 Å². The molecule has 1 fully saturated rings. The van der Waals surface area contributed by atoms with Crippen LogP contribution in [-0.4, -0.2) is 38.5 Å². The highest BCUT2D eigenvalue weighted by molar-refractivity contribution is 7.92. The van der Waals surface area contributed by atoms with E-state index < -0.39 is 26.6 Å². The van der Waals surface area contributed by atoms with Crippen molar-refractivity contribution in [2.75, 3.05) is 30.2 Å². The predicted molar refractivity (Wildman–Crippen MR) is 119 cm³/mol. The molecule has 4 rings (SSSR count). The number of anilines is 2. The molecule has 0 radical (unpaired) electrons. The lowest BCUT2D eigenvalue weighted by molar-refractivity contribution is 0.172. The van der Waals surface area contributed by atoms with E-state index in [4.69, 9.17) is 4.74 Å². The summed E-state index contributed by atoms with van der Waals surface area (Å²) >= 11 is 1.15. The Morgan fingerprint density at radius 3 is 2.56 bits per heavy atom. The molecule has 0 unspecified atom stereocenters. The topological polar surface area (TPSA) is 83.6 Å². The van der Waals surface area contributed by atoms with E-state index >= 15 is 0 Å². The molecule has 7 nitrogen and oxygen atoms in total. The summed E-state index contributed by atoms with van der Waals surface area (Å²) in [6, 6.07) is 7.66. The van der Waals surface area contributed by atoms with Gasteiger partial charge in [-0.15, -0.1) is 11.3 Å². The second kappa shape index (κ2) is 9.39. The Kier molecular flexibility index (Phi) is 6.58. The summed E-state index contributed by atoms with van der Waals surface area (Å²) in [6.45, 7) is 3.09. The summed E-state index contributed by atoms with van der Waals surface area (Å²) in [5.41, 5.74) is 3.47. The molecule has 0 spiro atoms. The second-order valence-electron chi connectivity index (χ2n) is 7.33. The quantitative estimate of drug-likeness (QED) is 0.481. The van der Waals surface area contributed by atoms with Crippen LogP contribution in [0.15, 0.2) is 46.1 Å². The van der Waals surface area contributed by atoms with E-state index in [9.17, 15) is 17.2 Å². The van der Waals surface area contributed by atoms with Gasteiger partial charge >= 0.3 is 0 Å². The van der Waals surface area contributed by atoms with Gasteiger partial charge in [0.25, 0.3) is 10.0 Å². The van der Waals surface area contributed by atoms with Gasteiger partial charge < -0.3 is 10.1 Å². The molecule has 170 valence electrons. The molecule has 0 atom stereocenters. The molecule has 0 saturated carbocycles. The molecule has 32 heavy (non-hydrogen) atoms. The highest BCUT2D eigenvalue weighted by Gasteiger charge is 2.26. The second-order valence-corrected chi connectivity index (χ2v) is 9.67. The zero-order chi connectivity index (χ0) is 22.7. The standard InChI is InChI=1S/C21H22F2N4O3S2/c1-30-19-5-2-4-14(11-27-6-3-7-27)16(19)10-24-15-8-17(22)21(18(23)9-15)32(28,29)26-20-12-31-13-25-20/h2,4-5,8-9,12-13,24,26H,3,6-7,10-11H2,1H3. The first kappa shape index (κ1) is 22.4. The Labute approximate surface area is 189 Å². The van der Waals surface area contributed by atoms with Crippen molar-refractivity contribution in [1.29, 1.82) is 0 Å². The molecule has 0 aliphatic carbocycles. The fourth-order valence-electron chi connectivity index (χ4n) is 3.49. The average molecular weight is 481 g/mol. The fraction of sp³-hybridized carbons (Fsp3) is 0.286. The zero-order valence-electron chi connectivity index (χ0n) is 17.3. The van der Waals surface area contributed by atoms with Gasteiger partial charge in [-0.2, -0.15) is 0 Å². The van der Waals surface area contributed by atoms with Crippen LogP contribution in [0, 0.1) is 11.6 Å². The predicted octanol–water partition coefficient (Wildman–Crippen LogP) is 4.05. The van der Waals surface area contributed by atoms with Gasteiger partial charge in [0.2, 0.25) is 0 Å². The number of ether oxygens (including phenoxy) is 1. The van der Waals surface area contributed by atoms with E-state index in [2.05, 4.69) is 19.9 Å². The smallest absolute Gasteiger partial charge is 0.268 e. The average Bonchev–Trinajstić information content (AvgIpc) is 3.20. The number of nitrogens with one attached hydrogen (secondary N) is 2. The molecule has 1 saturated heterocycles. The lowest BCUT2D eigenvalue weighted by Crippen LogP contribution is -2.36. The number of thiazole rings is 1. The van der Waals surface area contributed by atoms with Crippen LogP contribution in [0.4, 0.5) is 20.3 Å². The van der Waals surface area contributed by atoms with Crippen molar-refractivity contribution in [1.82, 2.24) is 9.88 Å². The number of hydrogen-bond donors (Lipinski definition) is 2. The Morgan fingerprint density at radius 2 is 1.97 bits per heavy atom. The summed E-state index contributed by atoms with van der Waals surface area (Å²) < 4.78 is 61.7. The van der Waals surface area contributed by atoms with Crippen molar-refractivity contribution < 1.29 is 21.9 Å². The minimum absolute atomic E-state index is 0.00176. The lowest BCUT2D eigenvalue weighted by atomic mass is 10.0. The van der Waals surface area contributed by atoms with Gasteiger partial charge in [0, 0.05) is 29.7 Å². The Bertz CT molecular complexity index is 1180. The maximum Gasteiger partial charge on any atom is 0.268 e. The minimum atomic E-state index is -4.46. The van der Waals surface area contributed by atoms with E-state index in [1.54, 1.807) is 7.11 Å².